The van der Waals surface area contributed by atoms with Crippen LogP contribution in [0, 0.1) is 13.8 Å². The number of thiophene rings is 1. The van der Waals surface area contributed by atoms with Crippen molar-refractivity contribution in [1.82, 2.24) is 4.90 Å². The molecule has 0 N–H and O–H groups in total. The quantitative estimate of drug-likeness (QED) is 0.509. The zero-order chi connectivity index (χ0) is 20.8. The molecule has 0 aliphatic carbocycles. The van der Waals surface area contributed by atoms with E-state index in [0.29, 0.717) is 24.6 Å². The maximum atomic E-state index is 13.2. The van der Waals surface area contributed by atoms with Gasteiger partial charge in [0.25, 0.3) is 5.91 Å². The molecule has 0 spiro atoms. The van der Waals surface area contributed by atoms with Gasteiger partial charge in [-0.25, -0.2) is 0 Å². The Morgan fingerprint density at radius 1 is 0.966 bits per heavy atom. The van der Waals surface area contributed by atoms with Gasteiger partial charge in [-0.1, -0.05) is 23.8 Å². The molecule has 0 fully saturated rings. The number of amides is 1. The molecular weight excluding hydrogens is 382 g/mol. The first-order chi connectivity index (χ1) is 14.0. The van der Waals surface area contributed by atoms with Crippen LogP contribution in [0.15, 0.2) is 53.9 Å². The fourth-order valence-electron chi connectivity index (χ4n) is 3.17. The van der Waals surface area contributed by atoms with Gasteiger partial charge in [0.15, 0.2) is 11.5 Å². The van der Waals surface area contributed by atoms with Crippen LogP contribution in [0.2, 0.25) is 0 Å². The van der Waals surface area contributed by atoms with Gasteiger partial charge in [-0.15, -0.1) is 11.3 Å². The van der Waals surface area contributed by atoms with Crippen LogP contribution in [0.3, 0.4) is 0 Å². The highest BCUT2D eigenvalue weighted by Gasteiger charge is 2.18. The summed E-state index contributed by atoms with van der Waals surface area (Å²) in [5, 5.41) is 2.08. The zero-order valence-corrected chi connectivity index (χ0v) is 18.2. The van der Waals surface area contributed by atoms with Crippen molar-refractivity contribution in [3.63, 3.8) is 0 Å². The van der Waals surface area contributed by atoms with Gasteiger partial charge in [-0.05, 0) is 67.1 Å². The Bertz CT molecular complexity index is 963. The number of hydrogen-bond donors (Lipinski definition) is 0. The molecule has 0 aliphatic heterocycles. The number of carbonyl (C=O) groups excluding carboxylic acids is 1. The molecule has 2 aromatic carbocycles. The van der Waals surface area contributed by atoms with Crippen molar-refractivity contribution in [1.29, 1.82) is 0 Å². The Morgan fingerprint density at radius 3 is 2.31 bits per heavy atom. The van der Waals surface area contributed by atoms with E-state index in [1.165, 1.54) is 10.4 Å². The summed E-state index contributed by atoms with van der Waals surface area (Å²) in [7, 11) is 3.26. The number of aryl methyl sites for hydroxylation is 2. The summed E-state index contributed by atoms with van der Waals surface area (Å²) in [5.41, 5.74) is 4.19. The molecule has 0 saturated carbocycles. The fraction of sp³-hybridized carbons (Fsp3) is 0.292. The summed E-state index contributed by atoms with van der Waals surface area (Å²) >= 11 is 1.70. The third-order valence-corrected chi connectivity index (χ3v) is 6.01. The van der Waals surface area contributed by atoms with Crippen molar-refractivity contribution < 1.29 is 14.3 Å². The molecular formula is C24H27NO3S. The van der Waals surface area contributed by atoms with Gasteiger partial charge in [0.2, 0.25) is 0 Å². The second kappa shape index (κ2) is 9.61. The van der Waals surface area contributed by atoms with Crippen molar-refractivity contribution in [2.24, 2.45) is 0 Å². The maximum absolute atomic E-state index is 13.2. The lowest BCUT2D eigenvalue weighted by Crippen LogP contribution is -2.32. The number of nitrogens with zero attached hydrogens (tertiary/aromatic N) is 1. The van der Waals surface area contributed by atoms with E-state index >= 15 is 0 Å². The summed E-state index contributed by atoms with van der Waals surface area (Å²) in [6.45, 7) is 5.36. The third-order valence-electron chi connectivity index (χ3n) is 5.01. The van der Waals surface area contributed by atoms with Crippen molar-refractivity contribution in [2.75, 3.05) is 20.8 Å². The summed E-state index contributed by atoms with van der Waals surface area (Å²) < 4.78 is 10.7. The molecule has 0 unspecified atom stereocenters. The smallest absolute Gasteiger partial charge is 0.254 e. The normalized spacial score (nSPS) is 10.6. The molecule has 1 aromatic heterocycles. The Labute approximate surface area is 176 Å². The van der Waals surface area contributed by atoms with Gasteiger partial charge in [0.05, 0.1) is 20.8 Å². The Kier molecular flexibility index (Phi) is 6.94. The Morgan fingerprint density at radius 2 is 1.69 bits per heavy atom. The first-order valence-electron chi connectivity index (χ1n) is 9.61. The van der Waals surface area contributed by atoms with E-state index in [1.807, 2.05) is 54.3 Å². The predicted octanol–water partition coefficient (Wildman–Crippen LogP) is 5.27. The second-order valence-electron chi connectivity index (χ2n) is 7.06. The number of methoxy groups -OCH3 is 2. The minimum absolute atomic E-state index is 0.0540. The minimum Gasteiger partial charge on any atom is -0.493 e. The maximum Gasteiger partial charge on any atom is 0.254 e. The topological polar surface area (TPSA) is 38.8 Å². The van der Waals surface area contributed by atoms with Crippen molar-refractivity contribution in [3.05, 3.63) is 81.0 Å². The van der Waals surface area contributed by atoms with Gasteiger partial charge in [0.1, 0.15) is 0 Å². The van der Waals surface area contributed by atoms with Crippen LogP contribution < -0.4 is 9.47 Å². The number of hydrogen-bond acceptors (Lipinski definition) is 4. The first-order valence-corrected chi connectivity index (χ1v) is 10.5. The average Bonchev–Trinajstić information content (AvgIpc) is 3.15. The van der Waals surface area contributed by atoms with Crippen LogP contribution in [-0.2, 0) is 13.0 Å². The average molecular weight is 410 g/mol. The highest BCUT2D eigenvalue weighted by Crippen LogP contribution is 2.28. The molecule has 4 nitrogen and oxygen atoms in total. The zero-order valence-electron chi connectivity index (χ0n) is 17.4. The lowest BCUT2D eigenvalue weighted by Gasteiger charge is -2.23. The van der Waals surface area contributed by atoms with E-state index in [9.17, 15) is 4.79 Å². The van der Waals surface area contributed by atoms with Gasteiger partial charge >= 0.3 is 0 Å². The Balaban J connectivity index is 1.80. The molecule has 3 aromatic rings. The lowest BCUT2D eigenvalue weighted by atomic mass is 10.1. The highest BCUT2D eigenvalue weighted by atomic mass is 32.1. The van der Waals surface area contributed by atoms with Crippen molar-refractivity contribution in [2.45, 2.75) is 26.8 Å². The summed E-state index contributed by atoms with van der Waals surface area (Å²) in [6.07, 6.45) is 0.738. The van der Waals surface area contributed by atoms with Gasteiger partial charge in [0, 0.05) is 17.0 Å². The largest absolute Gasteiger partial charge is 0.493 e. The molecule has 152 valence electrons. The van der Waals surface area contributed by atoms with E-state index < -0.39 is 0 Å². The molecule has 0 atom stereocenters. The van der Waals surface area contributed by atoms with Crippen LogP contribution >= 0.6 is 11.3 Å². The van der Waals surface area contributed by atoms with Crippen LogP contribution in [0.25, 0.3) is 0 Å². The van der Waals surface area contributed by atoms with E-state index in [-0.39, 0.29) is 5.91 Å². The SMILES string of the molecule is COc1ccc(CCN(Cc2sccc2C)C(=O)c2ccc(C)cc2)cc1OC. The van der Waals surface area contributed by atoms with E-state index in [0.717, 1.165) is 23.1 Å². The molecule has 0 bridgehead atoms. The van der Waals surface area contributed by atoms with E-state index in [1.54, 1.807) is 25.6 Å². The molecule has 0 saturated heterocycles. The van der Waals surface area contributed by atoms with Crippen LogP contribution in [0.5, 0.6) is 11.5 Å². The molecule has 0 radical (unpaired) electrons. The fourth-order valence-corrected chi connectivity index (χ4v) is 4.09. The number of rotatable bonds is 8. The van der Waals surface area contributed by atoms with Crippen LogP contribution in [0.4, 0.5) is 0 Å². The lowest BCUT2D eigenvalue weighted by molar-refractivity contribution is 0.0746. The predicted molar refractivity (Wildman–Crippen MR) is 118 cm³/mol. The standard InChI is InChI=1S/C24H27NO3S/c1-17-5-8-20(9-6-17)24(26)25(16-23-18(2)12-14-29-23)13-11-19-7-10-21(27-3)22(15-19)28-4/h5-10,12,14-15H,11,13,16H2,1-4H3. The van der Waals surface area contributed by atoms with Crippen molar-refractivity contribution in [3.8, 4) is 11.5 Å². The third kappa shape index (κ3) is 5.18. The van der Waals surface area contributed by atoms with Crippen LogP contribution in [-0.4, -0.2) is 31.6 Å². The van der Waals surface area contributed by atoms with Gasteiger partial charge in [-0.2, -0.15) is 0 Å². The molecule has 1 amide bonds. The van der Waals surface area contributed by atoms with Crippen molar-refractivity contribution >= 4 is 17.2 Å². The molecule has 1 heterocycles. The number of ether oxygens (including phenoxy) is 2. The van der Waals surface area contributed by atoms with Crippen LogP contribution in [0.1, 0.15) is 31.9 Å². The summed E-state index contributed by atoms with van der Waals surface area (Å²) in [4.78, 5) is 16.4. The minimum atomic E-state index is 0.0540. The molecule has 29 heavy (non-hydrogen) atoms. The Hall–Kier alpha value is -2.79. The van der Waals surface area contributed by atoms with E-state index in [2.05, 4.69) is 18.4 Å². The molecule has 0 aliphatic rings. The summed E-state index contributed by atoms with van der Waals surface area (Å²) in [5.74, 6) is 1.46. The highest BCUT2D eigenvalue weighted by molar-refractivity contribution is 7.10. The molecule has 5 heteroatoms. The first kappa shape index (κ1) is 20.9. The summed E-state index contributed by atoms with van der Waals surface area (Å²) in [6, 6.07) is 15.8. The van der Waals surface area contributed by atoms with Gasteiger partial charge in [-0.3, -0.25) is 4.79 Å². The van der Waals surface area contributed by atoms with E-state index in [4.69, 9.17) is 9.47 Å². The molecule has 3 rings (SSSR count). The number of carbonyl (C=O) groups is 1. The van der Waals surface area contributed by atoms with Gasteiger partial charge < -0.3 is 14.4 Å². The second-order valence-corrected chi connectivity index (χ2v) is 8.06. The monoisotopic (exact) mass is 409 g/mol. The number of benzene rings is 2.